The molecular weight excluding hydrogens is 367 g/mol. The summed E-state index contributed by atoms with van der Waals surface area (Å²) >= 11 is 0. The predicted octanol–water partition coefficient (Wildman–Crippen LogP) is 3.48. The van der Waals surface area contributed by atoms with Crippen LogP contribution in [0.1, 0.15) is 24.0 Å². The Morgan fingerprint density at radius 2 is 1.70 bits per heavy atom. The zero-order valence-corrected chi connectivity index (χ0v) is 16.2. The first-order chi connectivity index (χ1) is 12.8. The van der Waals surface area contributed by atoms with Gasteiger partial charge < -0.3 is 5.32 Å². The fraction of sp³-hybridized carbons (Fsp3) is 0.350. The van der Waals surface area contributed by atoms with Gasteiger partial charge in [0.1, 0.15) is 5.82 Å². The van der Waals surface area contributed by atoms with Crippen LogP contribution in [0.4, 0.5) is 10.1 Å². The lowest BCUT2D eigenvalue weighted by Gasteiger charge is -2.30. The van der Waals surface area contributed by atoms with Crippen LogP contribution in [0.2, 0.25) is 0 Å². The molecule has 144 valence electrons. The highest BCUT2D eigenvalue weighted by Gasteiger charge is 2.32. The number of aryl methyl sites for hydroxylation is 2. The maximum atomic E-state index is 13.4. The fourth-order valence-corrected chi connectivity index (χ4v) is 4.65. The number of anilines is 1. The highest BCUT2D eigenvalue weighted by atomic mass is 32.2. The molecule has 1 aliphatic rings. The Labute approximate surface area is 159 Å². The van der Waals surface area contributed by atoms with E-state index < -0.39 is 15.8 Å². The predicted molar refractivity (Wildman–Crippen MR) is 102 cm³/mol. The van der Waals surface area contributed by atoms with Gasteiger partial charge in [-0.2, -0.15) is 4.31 Å². The summed E-state index contributed by atoms with van der Waals surface area (Å²) in [7, 11) is -3.55. The highest BCUT2D eigenvalue weighted by Crippen LogP contribution is 2.26. The quantitative estimate of drug-likeness (QED) is 0.869. The number of amides is 1. The van der Waals surface area contributed by atoms with Crippen LogP contribution >= 0.6 is 0 Å². The summed E-state index contributed by atoms with van der Waals surface area (Å²) in [4.78, 5) is 12.8. The summed E-state index contributed by atoms with van der Waals surface area (Å²) in [6.45, 7) is 4.28. The number of carbonyl (C=O) groups is 1. The van der Waals surface area contributed by atoms with Crippen molar-refractivity contribution < 1.29 is 17.6 Å². The molecule has 0 bridgehead atoms. The normalized spacial score (nSPS) is 16.3. The molecule has 1 fully saturated rings. The molecule has 1 aliphatic heterocycles. The Morgan fingerprint density at radius 1 is 1.07 bits per heavy atom. The molecule has 0 aliphatic carbocycles. The summed E-state index contributed by atoms with van der Waals surface area (Å²) in [5, 5.41) is 2.77. The Morgan fingerprint density at radius 3 is 2.33 bits per heavy atom. The van der Waals surface area contributed by atoms with Crippen molar-refractivity contribution >= 4 is 21.6 Å². The molecule has 2 aromatic carbocycles. The zero-order chi connectivity index (χ0) is 19.6. The summed E-state index contributed by atoms with van der Waals surface area (Å²) in [5.41, 5.74) is 2.23. The van der Waals surface area contributed by atoms with Crippen LogP contribution in [0.25, 0.3) is 0 Å². The van der Waals surface area contributed by atoms with Crippen molar-refractivity contribution in [2.75, 3.05) is 18.4 Å². The molecule has 0 radical (unpaired) electrons. The van der Waals surface area contributed by atoms with E-state index in [0.717, 1.165) is 11.1 Å². The van der Waals surface area contributed by atoms with E-state index >= 15 is 0 Å². The van der Waals surface area contributed by atoms with Gasteiger partial charge >= 0.3 is 0 Å². The molecule has 1 saturated heterocycles. The van der Waals surface area contributed by atoms with E-state index in [9.17, 15) is 17.6 Å². The molecule has 0 saturated carbocycles. The zero-order valence-electron chi connectivity index (χ0n) is 15.4. The third-order valence-corrected chi connectivity index (χ3v) is 6.85. The summed E-state index contributed by atoms with van der Waals surface area (Å²) in [5.74, 6) is -0.900. The monoisotopic (exact) mass is 390 g/mol. The van der Waals surface area contributed by atoms with E-state index in [1.54, 1.807) is 37.3 Å². The van der Waals surface area contributed by atoms with E-state index in [0.29, 0.717) is 18.5 Å². The molecule has 2 aromatic rings. The largest absolute Gasteiger partial charge is 0.326 e. The van der Waals surface area contributed by atoms with Crippen molar-refractivity contribution in [1.29, 1.82) is 0 Å². The number of benzene rings is 2. The van der Waals surface area contributed by atoms with Gasteiger partial charge in [-0.05, 0) is 56.5 Å². The van der Waals surface area contributed by atoms with E-state index in [4.69, 9.17) is 0 Å². The second-order valence-corrected chi connectivity index (χ2v) is 8.88. The van der Waals surface area contributed by atoms with Crippen molar-refractivity contribution in [1.82, 2.24) is 4.31 Å². The van der Waals surface area contributed by atoms with Gasteiger partial charge in [0.15, 0.2) is 0 Å². The molecule has 1 amide bonds. The van der Waals surface area contributed by atoms with Gasteiger partial charge in [-0.25, -0.2) is 12.8 Å². The number of piperidine rings is 1. The van der Waals surface area contributed by atoms with Gasteiger partial charge in [0, 0.05) is 24.7 Å². The molecule has 0 spiro atoms. The maximum Gasteiger partial charge on any atom is 0.243 e. The number of nitrogens with one attached hydrogen (secondary N) is 1. The minimum Gasteiger partial charge on any atom is -0.326 e. The lowest BCUT2D eigenvalue weighted by Crippen LogP contribution is -2.41. The number of nitrogens with zero attached hydrogens (tertiary/aromatic N) is 1. The van der Waals surface area contributed by atoms with Crippen LogP contribution in [-0.4, -0.2) is 31.7 Å². The fourth-order valence-electron chi connectivity index (χ4n) is 3.18. The SMILES string of the molecule is Cc1ccc(S(=O)(=O)N2CCC(C(=O)Nc3cc(F)ccc3C)CC2)cc1. The van der Waals surface area contributed by atoms with Crippen LogP contribution in [0.15, 0.2) is 47.4 Å². The van der Waals surface area contributed by atoms with Crippen LogP contribution in [0, 0.1) is 25.6 Å². The van der Waals surface area contributed by atoms with Crippen molar-refractivity contribution in [2.45, 2.75) is 31.6 Å². The maximum absolute atomic E-state index is 13.4. The van der Waals surface area contributed by atoms with E-state index in [1.807, 2.05) is 6.92 Å². The Kier molecular flexibility index (Phi) is 5.62. The third-order valence-electron chi connectivity index (χ3n) is 4.94. The smallest absolute Gasteiger partial charge is 0.243 e. The first-order valence-corrected chi connectivity index (χ1v) is 10.4. The minimum absolute atomic E-state index is 0.198. The van der Waals surface area contributed by atoms with Gasteiger partial charge in [-0.1, -0.05) is 23.8 Å². The average Bonchev–Trinajstić information content (AvgIpc) is 2.65. The Bertz CT molecular complexity index is 934. The van der Waals surface area contributed by atoms with Crippen molar-refractivity contribution in [3.63, 3.8) is 0 Å². The summed E-state index contributed by atoms with van der Waals surface area (Å²) < 4.78 is 40.3. The number of hydrogen-bond donors (Lipinski definition) is 1. The summed E-state index contributed by atoms with van der Waals surface area (Å²) in [6.07, 6.45) is 0.872. The molecule has 1 heterocycles. The van der Waals surface area contributed by atoms with Crippen molar-refractivity contribution in [2.24, 2.45) is 5.92 Å². The minimum atomic E-state index is -3.55. The summed E-state index contributed by atoms with van der Waals surface area (Å²) in [6, 6.07) is 11.0. The van der Waals surface area contributed by atoms with E-state index in [2.05, 4.69) is 5.32 Å². The number of carbonyl (C=O) groups excluding carboxylic acids is 1. The number of rotatable bonds is 4. The van der Waals surface area contributed by atoms with Gasteiger partial charge in [0.2, 0.25) is 15.9 Å². The van der Waals surface area contributed by atoms with Crippen LogP contribution < -0.4 is 5.32 Å². The Hall–Kier alpha value is -2.25. The highest BCUT2D eigenvalue weighted by molar-refractivity contribution is 7.89. The van der Waals surface area contributed by atoms with Gasteiger partial charge in [0.05, 0.1) is 4.90 Å². The van der Waals surface area contributed by atoms with Crippen molar-refractivity contribution in [3.05, 3.63) is 59.4 Å². The van der Waals surface area contributed by atoms with Gasteiger partial charge in [-0.15, -0.1) is 0 Å². The average molecular weight is 390 g/mol. The van der Waals surface area contributed by atoms with Crippen LogP contribution in [-0.2, 0) is 14.8 Å². The lowest BCUT2D eigenvalue weighted by atomic mass is 9.97. The standard InChI is InChI=1S/C20H23FN2O3S/c1-14-3-7-18(8-4-14)27(25,26)23-11-9-16(10-12-23)20(24)22-19-13-17(21)6-5-15(19)2/h3-8,13,16H,9-12H2,1-2H3,(H,22,24). The molecular formula is C20H23FN2O3S. The number of hydrogen-bond acceptors (Lipinski definition) is 3. The molecule has 27 heavy (non-hydrogen) atoms. The molecule has 5 nitrogen and oxygen atoms in total. The van der Waals surface area contributed by atoms with E-state index in [-0.39, 0.29) is 29.8 Å². The van der Waals surface area contributed by atoms with Gasteiger partial charge in [-0.3, -0.25) is 4.79 Å². The molecule has 7 heteroatoms. The van der Waals surface area contributed by atoms with E-state index in [1.165, 1.54) is 16.4 Å². The second-order valence-electron chi connectivity index (χ2n) is 6.94. The first kappa shape index (κ1) is 19.5. The van der Waals surface area contributed by atoms with Gasteiger partial charge in [0.25, 0.3) is 0 Å². The topological polar surface area (TPSA) is 66.5 Å². The first-order valence-electron chi connectivity index (χ1n) is 8.91. The molecule has 1 N–H and O–H groups in total. The van der Waals surface area contributed by atoms with Crippen LogP contribution in [0.5, 0.6) is 0 Å². The Balaban J connectivity index is 1.63. The molecule has 3 rings (SSSR count). The molecule has 0 unspecified atom stereocenters. The second kappa shape index (κ2) is 7.78. The number of halogens is 1. The number of sulfonamides is 1. The molecule has 0 atom stereocenters. The molecule has 0 aromatic heterocycles. The third kappa shape index (κ3) is 4.36. The van der Waals surface area contributed by atoms with Crippen molar-refractivity contribution in [3.8, 4) is 0 Å². The lowest BCUT2D eigenvalue weighted by molar-refractivity contribution is -0.120. The van der Waals surface area contributed by atoms with Crippen LogP contribution in [0.3, 0.4) is 0 Å².